The van der Waals surface area contributed by atoms with Crippen LogP contribution in [-0.4, -0.2) is 23.3 Å². The van der Waals surface area contributed by atoms with Crippen LogP contribution in [0.2, 0.25) is 0 Å². The van der Waals surface area contributed by atoms with Gasteiger partial charge < -0.3 is 15.1 Å². The van der Waals surface area contributed by atoms with Crippen molar-refractivity contribution < 1.29 is 14.0 Å². The van der Waals surface area contributed by atoms with Gasteiger partial charge >= 0.3 is 0 Å². The van der Waals surface area contributed by atoms with E-state index in [0.717, 1.165) is 17.7 Å². The third kappa shape index (κ3) is 3.43. The number of hydrogen-bond donors (Lipinski definition) is 2. The van der Waals surface area contributed by atoms with Gasteiger partial charge in [0.05, 0.1) is 17.7 Å². The normalized spacial score (nSPS) is 20.2. The number of carbonyl (C=O) groups excluding carboxylic acids is 2. The highest BCUT2D eigenvalue weighted by molar-refractivity contribution is 5.91. The van der Waals surface area contributed by atoms with Crippen molar-refractivity contribution in [1.82, 2.24) is 15.6 Å². The second kappa shape index (κ2) is 7.09. The third-order valence-corrected chi connectivity index (χ3v) is 4.78. The molecule has 0 saturated carbocycles. The Morgan fingerprint density at radius 3 is 2.72 bits per heavy atom. The van der Waals surface area contributed by atoms with Gasteiger partial charge in [0.2, 0.25) is 11.8 Å². The Bertz CT molecular complexity index is 757. The van der Waals surface area contributed by atoms with Crippen molar-refractivity contribution in [1.29, 1.82) is 0 Å². The summed E-state index contributed by atoms with van der Waals surface area (Å²) in [5, 5.41) is 5.82. The largest absolute Gasteiger partial charge is 0.444 e. The van der Waals surface area contributed by atoms with Crippen molar-refractivity contribution in [2.24, 2.45) is 0 Å². The van der Waals surface area contributed by atoms with E-state index in [0.29, 0.717) is 37.6 Å². The molecule has 1 atom stereocenters. The number of nitrogens with one attached hydrogen (secondary N) is 2. The van der Waals surface area contributed by atoms with Gasteiger partial charge in [-0.3, -0.25) is 9.59 Å². The number of aryl methyl sites for hydroxylation is 2. The molecule has 6 heteroatoms. The highest BCUT2D eigenvalue weighted by Gasteiger charge is 2.43. The maximum Gasteiger partial charge on any atom is 0.232 e. The van der Waals surface area contributed by atoms with E-state index in [1.807, 2.05) is 44.2 Å². The quantitative estimate of drug-likeness (QED) is 0.871. The fourth-order valence-electron chi connectivity index (χ4n) is 3.21. The zero-order valence-electron chi connectivity index (χ0n) is 14.6. The average Bonchev–Trinajstić information content (AvgIpc) is 3.01. The topological polar surface area (TPSA) is 84.2 Å². The number of hydrogen-bond acceptors (Lipinski definition) is 4. The van der Waals surface area contributed by atoms with Crippen LogP contribution >= 0.6 is 0 Å². The first-order valence-electron chi connectivity index (χ1n) is 8.61. The van der Waals surface area contributed by atoms with Crippen LogP contribution in [-0.2, 0) is 28.0 Å². The number of oxazole rings is 1. The fourth-order valence-corrected chi connectivity index (χ4v) is 3.21. The van der Waals surface area contributed by atoms with Crippen molar-refractivity contribution in [3.05, 3.63) is 53.2 Å². The molecule has 25 heavy (non-hydrogen) atoms. The van der Waals surface area contributed by atoms with Crippen LogP contribution in [0.3, 0.4) is 0 Å². The van der Waals surface area contributed by atoms with Gasteiger partial charge in [0.1, 0.15) is 5.76 Å². The van der Waals surface area contributed by atoms with Crippen molar-refractivity contribution in [3.8, 4) is 0 Å². The lowest BCUT2D eigenvalue weighted by Gasteiger charge is -2.36. The minimum Gasteiger partial charge on any atom is -0.444 e. The van der Waals surface area contributed by atoms with Gasteiger partial charge in [0, 0.05) is 19.4 Å². The van der Waals surface area contributed by atoms with Crippen LogP contribution in [0, 0.1) is 6.92 Å². The predicted octanol–water partition coefficient (Wildman–Crippen LogP) is 2.01. The van der Waals surface area contributed by atoms with Gasteiger partial charge in [-0.25, -0.2) is 4.98 Å². The van der Waals surface area contributed by atoms with Crippen LogP contribution in [0.15, 0.2) is 34.7 Å². The number of piperidine rings is 1. The summed E-state index contributed by atoms with van der Waals surface area (Å²) in [6.45, 7) is 4.44. The fraction of sp³-hybridized carbons (Fsp3) is 0.421. The summed E-state index contributed by atoms with van der Waals surface area (Å²) in [5.74, 6) is 1.23. The van der Waals surface area contributed by atoms with Gasteiger partial charge in [-0.15, -0.1) is 0 Å². The van der Waals surface area contributed by atoms with Crippen molar-refractivity contribution in [2.45, 2.75) is 45.1 Å². The Morgan fingerprint density at radius 1 is 1.36 bits per heavy atom. The lowest BCUT2D eigenvalue weighted by Crippen LogP contribution is -2.55. The average molecular weight is 341 g/mol. The highest BCUT2D eigenvalue weighted by Crippen LogP contribution is 2.32. The molecule has 1 aliphatic rings. The molecular formula is C19H23N3O3. The molecule has 1 fully saturated rings. The molecule has 3 rings (SSSR count). The first-order chi connectivity index (χ1) is 12.0. The van der Waals surface area contributed by atoms with E-state index >= 15 is 0 Å². The molecule has 1 aromatic carbocycles. The smallest absolute Gasteiger partial charge is 0.232 e. The van der Waals surface area contributed by atoms with Crippen LogP contribution in [0.4, 0.5) is 0 Å². The molecule has 1 unspecified atom stereocenters. The summed E-state index contributed by atoms with van der Waals surface area (Å²) < 4.78 is 5.66. The number of rotatable bonds is 5. The maximum absolute atomic E-state index is 13.1. The summed E-state index contributed by atoms with van der Waals surface area (Å²) in [5.41, 5.74) is 0.954. The predicted molar refractivity (Wildman–Crippen MR) is 92.8 cm³/mol. The second-order valence-corrected chi connectivity index (χ2v) is 6.38. The van der Waals surface area contributed by atoms with Crippen LogP contribution < -0.4 is 10.6 Å². The summed E-state index contributed by atoms with van der Waals surface area (Å²) >= 11 is 0. The van der Waals surface area contributed by atoms with E-state index in [1.165, 1.54) is 0 Å². The molecule has 1 aromatic heterocycles. The van der Waals surface area contributed by atoms with Crippen LogP contribution in [0.1, 0.15) is 42.7 Å². The molecule has 0 radical (unpaired) electrons. The zero-order valence-corrected chi connectivity index (χ0v) is 14.6. The molecule has 0 aliphatic carbocycles. The molecule has 2 N–H and O–H groups in total. The standard InChI is InChI=1S/C19H23N3O3/c1-3-17-22-13(2)15(25-17)11-20-18(24)19(10-9-16(23)21-12-19)14-7-5-4-6-8-14/h4-8H,3,9-12H2,1-2H3,(H,20,24)(H,21,23). The van der Waals surface area contributed by atoms with Gasteiger partial charge in [0.15, 0.2) is 5.89 Å². The second-order valence-electron chi connectivity index (χ2n) is 6.38. The lowest BCUT2D eigenvalue weighted by atomic mass is 9.73. The van der Waals surface area contributed by atoms with Crippen molar-refractivity contribution in [3.63, 3.8) is 0 Å². The highest BCUT2D eigenvalue weighted by atomic mass is 16.4. The molecule has 2 heterocycles. The number of benzene rings is 1. The number of aromatic nitrogens is 1. The molecule has 6 nitrogen and oxygen atoms in total. The molecule has 1 aliphatic heterocycles. The summed E-state index contributed by atoms with van der Waals surface area (Å²) in [6.07, 6.45) is 1.54. The van der Waals surface area contributed by atoms with Crippen molar-refractivity contribution in [2.75, 3.05) is 6.54 Å². The Kier molecular flexibility index (Phi) is 4.88. The first kappa shape index (κ1) is 17.2. The van der Waals surface area contributed by atoms with Crippen LogP contribution in [0.25, 0.3) is 0 Å². The molecule has 1 saturated heterocycles. The van der Waals surface area contributed by atoms with Crippen molar-refractivity contribution >= 4 is 11.8 Å². The molecule has 0 bridgehead atoms. The molecular weight excluding hydrogens is 318 g/mol. The van der Waals surface area contributed by atoms with E-state index < -0.39 is 5.41 Å². The van der Waals surface area contributed by atoms with E-state index in [9.17, 15) is 9.59 Å². The SMILES string of the molecule is CCc1nc(C)c(CNC(=O)C2(c3ccccc3)CCC(=O)NC2)o1. The Labute approximate surface area is 147 Å². The number of nitrogens with zero attached hydrogens (tertiary/aromatic N) is 1. The molecule has 2 amide bonds. The molecule has 132 valence electrons. The molecule has 0 spiro atoms. The van der Waals surface area contributed by atoms with Gasteiger partial charge in [-0.2, -0.15) is 0 Å². The third-order valence-electron chi connectivity index (χ3n) is 4.78. The minimum absolute atomic E-state index is 0.0157. The van der Waals surface area contributed by atoms with Crippen LogP contribution in [0.5, 0.6) is 0 Å². The number of amides is 2. The Balaban J connectivity index is 1.80. The summed E-state index contributed by atoms with van der Waals surface area (Å²) in [7, 11) is 0. The van der Waals surface area contributed by atoms with E-state index in [-0.39, 0.29) is 11.8 Å². The lowest BCUT2D eigenvalue weighted by molar-refractivity contribution is -0.131. The van der Waals surface area contributed by atoms with E-state index in [4.69, 9.17) is 4.42 Å². The minimum atomic E-state index is -0.753. The Morgan fingerprint density at radius 2 is 2.12 bits per heavy atom. The van der Waals surface area contributed by atoms with E-state index in [2.05, 4.69) is 15.6 Å². The zero-order chi connectivity index (χ0) is 17.9. The molecule has 2 aromatic rings. The monoisotopic (exact) mass is 341 g/mol. The maximum atomic E-state index is 13.1. The Hall–Kier alpha value is -2.63. The van der Waals surface area contributed by atoms with Gasteiger partial charge in [-0.05, 0) is 18.9 Å². The van der Waals surface area contributed by atoms with Gasteiger partial charge in [-0.1, -0.05) is 37.3 Å². The van der Waals surface area contributed by atoms with Gasteiger partial charge in [0.25, 0.3) is 0 Å². The summed E-state index contributed by atoms with van der Waals surface area (Å²) in [6, 6.07) is 9.61. The summed E-state index contributed by atoms with van der Waals surface area (Å²) in [4.78, 5) is 29.0. The number of carbonyl (C=O) groups is 2. The van der Waals surface area contributed by atoms with E-state index in [1.54, 1.807) is 0 Å². The first-order valence-corrected chi connectivity index (χ1v) is 8.61.